The van der Waals surface area contributed by atoms with E-state index in [0.717, 1.165) is 20.4 Å². The van der Waals surface area contributed by atoms with Crippen molar-refractivity contribution in [2.75, 3.05) is 14.2 Å². The number of pyridine rings is 1. The lowest BCUT2D eigenvalue weighted by Gasteiger charge is -2.14. The molecule has 1 heterocycles. The number of nitrogens with zero attached hydrogens (tertiary/aromatic N) is 1. The molecule has 0 aliphatic rings. The molecule has 0 fully saturated rings. The Bertz CT molecular complexity index is 464. The molecule has 5 nitrogen and oxygen atoms in total. The normalized spacial score (nSPS) is 11.0. The van der Waals surface area contributed by atoms with E-state index < -0.39 is 18.1 Å². The van der Waals surface area contributed by atoms with Crippen LogP contribution in [0.2, 0.25) is 0 Å². The van der Waals surface area contributed by atoms with Crippen molar-refractivity contribution in [3.05, 3.63) is 15.5 Å². The smallest absolute Gasteiger partial charge is 0.492 e. The molecule has 0 aliphatic carbocycles. The first-order chi connectivity index (χ1) is 8.30. The van der Waals surface area contributed by atoms with Crippen LogP contribution in [0.25, 0.3) is 0 Å². The van der Waals surface area contributed by atoms with Crippen LogP contribution < -0.4 is 9.47 Å². The highest BCUT2D eigenvalue weighted by atomic mass is 127. The second-order valence-electron chi connectivity index (χ2n) is 2.86. The van der Waals surface area contributed by atoms with E-state index in [1.807, 2.05) is 0 Å². The summed E-state index contributed by atoms with van der Waals surface area (Å²) in [6.07, 6.45) is -4.09. The molecule has 0 atom stereocenters. The first-order valence-electron chi connectivity index (χ1n) is 4.36. The fourth-order valence-corrected chi connectivity index (χ4v) is 1.74. The number of hydrogen-bond acceptors (Lipinski definition) is 5. The van der Waals surface area contributed by atoms with E-state index in [9.17, 15) is 18.0 Å². The standard InChI is InChI=1S/C9H7F3INO4/c1-16-6-4(18-9(10,11)12)3-14-7(13)5(6)8(15)17-2/h3H,1-2H3. The molecule has 0 saturated heterocycles. The molecule has 100 valence electrons. The number of aromatic nitrogens is 1. The quantitative estimate of drug-likeness (QED) is 0.460. The zero-order chi connectivity index (χ0) is 13.9. The van der Waals surface area contributed by atoms with Crippen LogP contribution in [0.15, 0.2) is 6.20 Å². The van der Waals surface area contributed by atoms with Gasteiger partial charge >= 0.3 is 12.3 Å². The van der Waals surface area contributed by atoms with Crippen molar-refractivity contribution in [3.63, 3.8) is 0 Å². The van der Waals surface area contributed by atoms with Gasteiger partial charge in [0.1, 0.15) is 9.26 Å². The van der Waals surface area contributed by atoms with Crippen molar-refractivity contribution in [2.24, 2.45) is 0 Å². The average Bonchev–Trinajstić information content (AvgIpc) is 2.28. The van der Waals surface area contributed by atoms with Gasteiger partial charge in [-0.3, -0.25) is 0 Å². The van der Waals surface area contributed by atoms with Crippen molar-refractivity contribution in [2.45, 2.75) is 6.36 Å². The van der Waals surface area contributed by atoms with Crippen LogP contribution in [-0.4, -0.2) is 31.5 Å². The molecular formula is C9H7F3INO4. The Kier molecular flexibility index (Phi) is 4.59. The molecule has 0 N–H and O–H groups in total. The van der Waals surface area contributed by atoms with Crippen LogP contribution in [0.4, 0.5) is 13.2 Å². The molecular weight excluding hydrogens is 370 g/mol. The summed E-state index contributed by atoms with van der Waals surface area (Å²) in [4.78, 5) is 15.1. The Morgan fingerprint density at radius 3 is 2.44 bits per heavy atom. The summed E-state index contributed by atoms with van der Waals surface area (Å²) in [5.74, 6) is -1.94. The SMILES string of the molecule is COC(=O)c1c(I)ncc(OC(F)(F)F)c1OC. The second kappa shape index (κ2) is 5.59. The van der Waals surface area contributed by atoms with Gasteiger partial charge in [0.25, 0.3) is 0 Å². The lowest BCUT2D eigenvalue weighted by molar-refractivity contribution is -0.275. The average molecular weight is 377 g/mol. The third kappa shape index (κ3) is 3.37. The summed E-state index contributed by atoms with van der Waals surface area (Å²) in [5, 5.41) is 0. The molecule has 0 bridgehead atoms. The van der Waals surface area contributed by atoms with Crippen LogP contribution in [0.3, 0.4) is 0 Å². The molecule has 18 heavy (non-hydrogen) atoms. The highest BCUT2D eigenvalue weighted by molar-refractivity contribution is 14.1. The molecule has 0 aliphatic heterocycles. The van der Waals surface area contributed by atoms with Gasteiger partial charge < -0.3 is 14.2 Å². The van der Waals surface area contributed by atoms with Crippen LogP contribution in [-0.2, 0) is 4.74 Å². The third-order valence-corrected chi connectivity index (χ3v) is 2.59. The van der Waals surface area contributed by atoms with E-state index in [1.54, 1.807) is 22.6 Å². The Morgan fingerprint density at radius 1 is 1.39 bits per heavy atom. The largest absolute Gasteiger partial charge is 0.573 e. The van der Waals surface area contributed by atoms with Crippen molar-refractivity contribution in [3.8, 4) is 11.5 Å². The van der Waals surface area contributed by atoms with E-state index in [2.05, 4.69) is 14.5 Å². The van der Waals surface area contributed by atoms with Crippen molar-refractivity contribution in [1.29, 1.82) is 0 Å². The van der Waals surface area contributed by atoms with Gasteiger partial charge in [0.05, 0.1) is 20.4 Å². The lowest BCUT2D eigenvalue weighted by atomic mass is 10.2. The number of hydrogen-bond donors (Lipinski definition) is 0. The topological polar surface area (TPSA) is 57.7 Å². The number of esters is 1. The molecule has 1 aromatic heterocycles. The zero-order valence-electron chi connectivity index (χ0n) is 9.17. The summed E-state index contributed by atoms with van der Waals surface area (Å²) in [5.41, 5.74) is -0.220. The molecule has 1 aromatic rings. The minimum atomic E-state index is -4.91. The Hall–Kier alpha value is -1.26. The number of alkyl halides is 3. The second-order valence-corrected chi connectivity index (χ2v) is 3.88. The number of rotatable bonds is 3. The fourth-order valence-electron chi connectivity index (χ4n) is 1.13. The number of halogens is 4. The Balaban J connectivity index is 3.34. The summed E-state index contributed by atoms with van der Waals surface area (Å²) in [6.45, 7) is 0. The maximum atomic E-state index is 12.1. The maximum absolute atomic E-state index is 12.1. The van der Waals surface area contributed by atoms with Crippen molar-refractivity contribution < 1.29 is 32.2 Å². The third-order valence-electron chi connectivity index (χ3n) is 1.77. The number of methoxy groups -OCH3 is 2. The van der Waals surface area contributed by atoms with E-state index in [1.165, 1.54) is 0 Å². The van der Waals surface area contributed by atoms with E-state index >= 15 is 0 Å². The fraction of sp³-hybridized carbons (Fsp3) is 0.333. The van der Waals surface area contributed by atoms with Gasteiger partial charge in [0.15, 0.2) is 11.5 Å². The zero-order valence-corrected chi connectivity index (χ0v) is 11.3. The number of carbonyl (C=O) groups excluding carboxylic acids is 1. The molecule has 0 saturated carbocycles. The lowest BCUT2D eigenvalue weighted by Crippen LogP contribution is -2.19. The highest BCUT2D eigenvalue weighted by Crippen LogP contribution is 2.36. The first-order valence-corrected chi connectivity index (χ1v) is 5.44. The Labute approximate surface area is 113 Å². The molecule has 0 spiro atoms. The minimum Gasteiger partial charge on any atom is -0.492 e. The summed E-state index contributed by atoms with van der Waals surface area (Å²) < 4.78 is 49.5. The van der Waals surface area contributed by atoms with Crippen LogP contribution in [0.5, 0.6) is 11.5 Å². The van der Waals surface area contributed by atoms with Crippen molar-refractivity contribution in [1.82, 2.24) is 4.98 Å². The predicted molar refractivity (Wildman–Crippen MR) is 61.5 cm³/mol. The van der Waals surface area contributed by atoms with E-state index in [4.69, 9.17) is 4.74 Å². The van der Waals surface area contributed by atoms with E-state index in [0.29, 0.717) is 0 Å². The maximum Gasteiger partial charge on any atom is 0.573 e. The van der Waals surface area contributed by atoms with Gasteiger partial charge in [-0.2, -0.15) is 0 Å². The van der Waals surface area contributed by atoms with Crippen LogP contribution in [0, 0.1) is 3.70 Å². The van der Waals surface area contributed by atoms with Gasteiger partial charge in [-0.25, -0.2) is 9.78 Å². The van der Waals surface area contributed by atoms with Crippen LogP contribution >= 0.6 is 22.6 Å². The van der Waals surface area contributed by atoms with Gasteiger partial charge in [-0.1, -0.05) is 0 Å². The molecule has 0 aromatic carbocycles. The molecule has 1 rings (SSSR count). The van der Waals surface area contributed by atoms with Gasteiger partial charge in [0.2, 0.25) is 0 Å². The summed E-state index contributed by atoms with van der Waals surface area (Å²) >= 11 is 1.67. The van der Waals surface area contributed by atoms with Crippen LogP contribution in [0.1, 0.15) is 10.4 Å². The van der Waals surface area contributed by atoms with Gasteiger partial charge in [-0.05, 0) is 22.6 Å². The van der Waals surface area contributed by atoms with Gasteiger partial charge in [-0.15, -0.1) is 13.2 Å². The summed E-state index contributed by atoms with van der Waals surface area (Å²) in [7, 11) is 2.20. The number of ether oxygens (including phenoxy) is 3. The minimum absolute atomic E-state index is 0.144. The summed E-state index contributed by atoms with van der Waals surface area (Å²) in [6, 6.07) is 0. The van der Waals surface area contributed by atoms with Crippen molar-refractivity contribution >= 4 is 28.6 Å². The Morgan fingerprint density at radius 2 is 2.00 bits per heavy atom. The molecule has 0 unspecified atom stereocenters. The first kappa shape index (κ1) is 14.8. The molecule has 0 amide bonds. The van der Waals surface area contributed by atoms with Gasteiger partial charge in [0, 0.05) is 0 Å². The molecule has 9 heteroatoms. The number of carbonyl (C=O) groups is 1. The van der Waals surface area contributed by atoms with E-state index in [-0.39, 0.29) is 15.0 Å². The molecule has 0 radical (unpaired) electrons. The monoisotopic (exact) mass is 377 g/mol. The highest BCUT2D eigenvalue weighted by Gasteiger charge is 2.34. The predicted octanol–water partition coefficient (Wildman–Crippen LogP) is 2.38.